The lowest BCUT2D eigenvalue weighted by atomic mass is 10.0. The number of amides is 2. The number of esters is 2. The normalized spacial score (nSPS) is 16.4. The minimum Gasteiger partial charge on any atom is -0.494 e. The van der Waals surface area contributed by atoms with E-state index in [4.69, 9.17) is 65.4 Å². The number of aryl methyl sites for hydroxylation is 2. The van der Waals surface area contributed by atoms with Crippen LogP contribution in [0.2, 0.25) is 20.1 Å². The van der Waals surface area contributed by atoms with Crippen LogP contribution in [-0.4, -0.2) is 126 Å². The molecule has 18 heteroatoms. The Balaban J connectivity index is 0.689. The van der Waals surface area contributed by atoms with E-state index in [-0.39, 0.29) is 38.1 Å². The summed E-state index contributed by atoms with van der Waals surface area (Å²) >= 11 is 25.4. The first-order valence-electron chi connectivity index (χ1n) is 25.3. The number of unbranched alkanes of at least 4 members (excludes halogenated alkanes) is 3. The average Bonchev–Trinajstić information content (AvgIpc) is 3.39. The van der Waals surface area contributed by atoms with E-state index in [1.54, 1.807) is 12.1 Å². The van der Waals surface area contributed by atoms with E-state index < -0.39 is 11.9 Å². The van der Waals surface area contributed by atoms with E-state index >= 15 is 0 Å². The van der Waals surface area contributed by atoms with E-state index in [9.17, 15) is 19.2 Å². The van der Waals surface area contributed by atoms with Crippen molar-refractivity contribution in [3.05, 3.63) is 104 Å². The van der Waals surface area contributed by atoms with Gasteiger partial charge in [0.1, 0.15) is 11.5 Å². The maximum atomic E-state index is 13.0. The monoisotopic (exact) mass is 1060 g/mol. The molecule has 0 unspecified atom stereocenters. The van der Waals surface area contributed by atoms with Crippen molar-refractivity contribution in [3.8, 4) is 11.5 Å². The molecule has 2 amide bonds. The highest BCUT2D eigenvalue weighted by atomic mass is 35.5. The SMILES string of the molecule is O=C(CCCCC(=O)OCN1C(=O)CCc2ccc(OCCCCN3CCN(c4cccc(Cl)c4Cl)CC3)cc21)OCN1C(=O)CCc2ccc(OCCCCN3CCN(c4cccc(Cl)c4Cl)CC3)cc21. The lowest BCUT2D eigenvalue weighted by Crippen LogP contribution is -2.46. The van der Waals surface area contributed by atoms with E-state index in [1.165, 1.54) is 9.80 Å². The summed E-state index contributed by atoms with van der Waals surface area (Å²) in [6.45, 7) is 9.97. The lowest BCUT2D eigenvalue weighted by molar-refractivity contribution is -0.146. The Morgan fingerprint density at radius 1 is 0.472 bits per heavy atom. The summed E-state index contributed by atoms with van der Waals surface area (Å²) in [5, 5.41) is 2.35. The van der Waals surface area contributed by atoms with E-state index in [1.807, 2.05) is 60.7 Å². The first-order valence-corrected chi connectivity index (χ1v) is 26.8. The third kappa shape index (κ3) is 14.4. The predicted molar refractivity (Wildman–Crippen MR) is 285 cm³/mol. The Kier molecular flexibility index (Phi) is 19.5. The van der Waals surface area contributed by atoms with Crippen molar-refractivity contribution in [2.24, 2.45) is 0 Å². The van der Waals surface area contributed by atoms with Crippen LogP contribution in [0.1, 0.15) is 75.3 Å². The number of piperazine rings is 2. The molecule has 0 aliphatic carbocycles. The molecule has 72 heavy (non-hydrogen) atoms. The van der Waals surface area contributed by atoms with Crippen LogP contribution in [0, 0.1) is 0 Å². The molecule has 0 bridgehead atoms. The minimum absolute atomic E-state index is 0.0789. The van der Waals surface area contributed by atoms with Gasteiger partial charge in [0.05, 0.1) is 56.1 Å². The summed E-state index contributed by atoms with van der Waals surface area (Å²) in [6.07, 6.45) is 6.53. The highest BCUT2D eigenvalue weighted by Gasteiger charge is 2.28. The molecule has 4 aliphatic heterocycles. The topological polar surface area (TPSA) is 125 Å². The minimum atomic E-state index is -0.464. The van der Waals surface area contributed by atoms with Gasteiger partial charge in [0.15, 0.2) is 13.5 Å². The van der Waals surface area contributed by atoms with Crippen molar-refractivity contribution in [2.75, 3.05) is 112 Å². The zero-order valence-corrected chi connectivity index (χ0v) is 43.8. The molecule has 4 aliphatic rings. The second-order valence-corrected chi connectivity index (χ2v) is 20.2. The maximum absolute atomic E-state index is 13.0. The fourth-order valence-electron chi connectivity index (χ4n) is 9.61. The molecule has 2 saturated heterocycles. The standard InChI is InChI=1S/C54H64Cl4N6O8/c55-43-9-7-11-45(53(43)57)61-29-25-59(26-30-61)23-3-5-33-69-41-19-15-39-17-21-49(65)63(47(39)35-41)37-71-51(67)13-1-2-14-52(68)72-38-64-48-36-42(20-16-40(48)18-22-50(64)66)70-34-6-4-24-60-27-31-62(32-28-60)46-12-8-10-44(56)54(46)58/h7-12,15-16,19-20,35-36H,1-6,13-14,17-18,21-34,37-38H2. The number of nitrogens with zero attached hydrogens (tertiary/aromatic N) is 6. The van der Waals surface area contributed by atoms with Gasteiger partial charge in [-0.1, -0.05) is 70.7 Å². The predicted octanol–water partition coefficient (Wildman–Crippen LogP) is 10.1. The van der Waals surface area contributed by atoms with Gasteiger partial charge in [0.2, 0.25) is 11.8 Å². The third-order valence-electron chi connectivity index (χ3n) is 13.8. The second-order valence-electron chi connectivity index (χ2n) is 18.6. The molecule has 0 saturated carbocycles. The molecule has 0 atom stereocenters. The first kappa shape index (κ1) is 53.3. The van der Waals surface area contributed by atoms with E-state index in [0.29, 0.717) is 94.7 Å². The van der Waals surface area contributed by atoms with Gasteiger partial charge in [-0.25, -0.2) is 0 Å². The van der Waals surface area contributed by atoms with Crippen molar-refractivity contribution < 1.29 is 38.1 Å². The number of hydrogen-bond acceptors (Lipinski definition) is 12. The van der Waals surface area contributed by atoms with Gasteiger partial charge in [-0.2, -0.15) is 0 Å². The van der Waals surface area contributed by atoms with Crippen LogP contribution in [0.25, 0.3) is 0 Å². The molecule has 0 radical (unpaired) electrons. The zero-order valence-electron chi connectivity index (χ0n) is 40.8. The van der Waals surface area contributed by atoms with Crippen LogP contribution in [0.15, 0.2) is 72.8 Å². The molecule has 0 N–H and O–H groups in total. The van der Waals surface area contributed by atoms with Gasteiger partial charge in [-0.3, -0.25) is 38.8 Å². The van der Waals surface area contributed by atoms with Gasteiger partial charge in [0, 0.05) is 90.2 Å². The number of ether oxygens (including phenoxy) is 4. The van der Waals surface area contributed by atoms with Crippen LogP contribution in [0.4, 0.5) is 22.7 Å². The number of anilines is 4. The Morgan fingerprint density at radius 3 is 1.31 bits per heavy atom. The number of halogens is 4. The summed E-state index contributed by atoms with van der Waals surface area (Å²) in [4.78, 5) is 64.1. The Hall–Kier alpha value is -4.96. The van der Waals surface area contributed by atoms with Crippen LogP contribution < -0.4 is 29.1 Å². The zero-order chi connectivity index (χ0) is 50.4. The number of carbonyl (C=O) groups excluding carboxylic acids is 4. The average molecular weight is 1070 g/mol. The third-order valence-corrected chi connectivity index (χ3v) is 15.4. The highest BCUT2D eigenvalue weighted by Crippen LogP contribution is 2.36. The first-order chi connectivity index (χ1) is 35.0. The highest BCUT2D eigenvalue weighted by molar-refractivity contribution is 6.44. The number of rotatable bonds is 23. The number of carbonyl (C=O) groups is 4. The number of benzene rings is 4. The smallest absolute Gasteiger partial charge is 0.307 e. The summed E-state index contributed by atoms with van der Waals surface area (Å²) in [5.41, 5.74) is 5.31. The van der Waals surface area contributed by atoms with Crippen molar-refractivity contribution in [3.63, 3.8) is 0 Å². The Labute approximate surface area is 442 Å². The quantitative estimate of drug-likeness (QED) is 0.0519. The largest absolute Gasteiger partial charge is 0.494 e. The van der Waals surface area contributed by atoms with Crippen molar-refractivity contribution in [2.45, 2.75) is 77.0 Å². The molecule has 2 fully saturated rings. The molecule has 14 nitrogen and oxygen atoms in total. The van der Waals surface area contributed by atoms with Crippen LogP contribution in [-0.2, 0) is 41.5 Å². The van der Waals surface area contributed by atoms with Crippen LogP contribution in [0.3, 0.4) is 0 Å². The van der Waals surface area contributed by atoms with E-state index in [2.05, 4.69) is 19.6 Å². The van der Waals surface area contributed by atoms with Crippen LogP contribution in [0.5, 0.6) is 11.5 Å². The molecular weight excluding hydrogens is 1000 g/mol. The molecule has 0 spiro atoms. The van der Waals surface area contributed by atoms with Gasteiger partial charge in [-0.15, -0.1) is 0 Å². The lowest BCUT2D eigenvalue weighted by Gasteiger charge is -2.36. The molecule has 386 valence electrons. The van der Waals surface area contributed by atoms with Gasteiger partial charge in [0.25, 0.3) is 0 Å². The summed E-state index contributed by atoms with van der Waals surface area (Å²) in [5.74, 6) is 0.145. The molecule has 8 rings (SSSR count). The number of hydrogen-bond donors (Lipinski definition) is 0. The maximum Gasteiger partial charge on any atom is 0.307 e. The van der Waals surface area contributed by atoms with Gasteiger partial charge in [-0.05, 0) is 112 Å². The Bertz CT molecular complexity index is 2350. The molecule has 0 aromatic heterocycles. The number of fused-ring (bicyclic) bond motifs is 2. The van der Waals surface area contributed by atoms with Crippen molar-refractivity contribution in [1.82, 2.24) is 9.80 Å². The Morgan fingerprint density at radius 2 is 0.889 bits per heavy atom. The van der Waals surface area contributed by atoms with Crippen molar-refractivity contribution in [1.29, 1.82) is 0 Å². The van der Waals surface area contributed by atoms with E-state index in [0.717, 1.165) is 114 Å². The fourth-order valence-corrected chi connectivity index (χ4v) is 10.4. The molecule has 4 aromatic rings. The molecular formula is C54H64Cl4N6O8. The summed E-state index contributed by atoms with van der Waals surface area (Å²) in [6, 6.07) is 23.0. The van der Waals surface area contributed by atoms with Gasteiger partial charge >= 0.3 is 11.9 Å². The molecule has 4 aromatic carbocycles. The van der Waals surface area contributed by atoms with Crippen LogP contribution >= 0.6 is 46.4 Å². The summed E-state index contributed by atoms with van der Waals surface area (Å²) in [7, 11) is 0. The second kappa shape index (κ2) is 26.3. The van der Waals surface area contributed by atoms with Crippen molar-refractivity contribution >= 4 is 92.9 Å². The summed E-state index contributed by atoms with van der Waals surface area (Å²) < 4.78 is 23.3. The fraction of sp³-hybridized carbons (Fsp3) is 0.481. The van der Waals surface area contributed by atoms with Gasteiger partial charge < -0.3 is 28.7 Å². The molecule has 4 heterocycles.